The van der Waals surface area contributed by atoms with E-state index in [4.69, 9.17) is 0 Å². The molecule has 78 valence electrons. The van der Waals surface area contributed by atoms with Crippen LogP contribution >= 0.6 is 0 Å². The maximum absolute atomic E-state index is 11.5. The van der Waals surface area contributed by atoms with Crippen LogP contribution in [-0.4, -0.2) is 31.6 Å². The molecule has 0 aromatic rings. The lowest BCUT2D eigenvalue weighted by Crippen LogP contribution is -2.52. The fourth-order valence-electron chi connectivity index (χ4n) is 1.51. The van der Waals surface area contributed by atoms with E-state index in [0.29, 0.717) is 24.0 Å². The first-order chi connectivity index (χ1) is 5.97. The molecule has 1 aliphatic rings. The molecule has 3 nitrogen and oxygen atoms in total. The lowest BCUT2D eigenvalue weighted by Gasteiger charge is -2.40. The van der Waals surface area contributed by atoms with Gasteiger partial charge in [-0.2, -0.15) is 0 Å². The van der Waals surface area contributed by atoms with Gasteiger partial charge in [0, 0.05) is 13.1 Å². The SMILES string of the molecule is CCCS(=O)(=O)N1CC(C(C)C)C1. The first kappa shape index (κ1) is 11.0. The second-order valence-electron chi connectivity index (χ2n) is 4.14. The van der Waals surface area contributed by atoms with Crippen molar-refractivity contribution >= 4 is 10.0 Å². The number of hydrogen-bond donors (Lipinski definition) is 0. The zero-order chi connectivity index (χ0) is 10.1. The van der Waals surface area contributed by atoms with Crippen LogP contribution in [0.25, 0.3) is 0 Å². The summed E-state index contributed by atoms with van der Waals surface area (Å²) in [6.07, 6.45) is 0.713. The third-order valence-electron chi connectivity index (χ3n) is 2.67. The molecule has 1 heterocycles. The molecule has 0 radical (unpaired) electrons. The highest BCUT2D eigenvalue weighted by molar-refractivity contribution is 7.89. The summed E-state index contributed by atoms with van der Waals surface area (Å²) < 4.78 is 24.6. The number of rotatable bonds is 4. The van der Waals surface area contributed by atoms with Gasteiger partial charge in [-0.15, -0.1) is 0 Å². The summed E-state index contributed by atoms with van der Waals surface area (Å²) in [6.45, 7) is 7.67. The Labute approximate surface area is 81.2 Å². The molecule has 0 bridgehead atoms. The van der Waals surface area contributed by atoms with Crippen molar-refractivity contribution in [3.63, 3.8) is 0 Å². The van der Waals surface area contributed by atoms with Crippen LogP contribution in [0, 0.1) is 11.8 Å². The predicted molar refractivity (Wildman–Crippen MR) is 54.0 cm³/mol. The van der Waals surface area contributed by atoms with Crippen molar-refractivity contribution in [2.24, 2.45) is 11.8 Å². The summed E-state index contributed by atoms with van der Waals surface area (Å²) in [4.78, 5) is 0. The maximum Gasteiger partial charge on any atom is 0.214 e. The van der Waals surface area contributed by atoms with E-state index in [9.17, 15) is 8.42 Å². The van der Waals surface area contributed by atoms with E-state index in [1.807, 2.05) is 6.92 Å². The molecule has 0 N–H and O–H groups in total. The highest BCUT2D eigenvalue weighted by Gasteiger charge is 2.36. The maximum atomic E-state index is 11.5. The van der Waals surface area contributed by atoms with Crippen LogP contribution in [0.5, 0.6) is 0 Å². The largest absolute Gasteiger partial charge is 0.214 e. The minimum absolute atomic E-state index is 0.303. The molecule has 0 amide bonds. The molecule has 1 saturated heterocycles. The van der Waals surface area contributed by atoms with Gasteiger partial charge < -0.3 is 0 Å². The smallest absolute Gasteiger partial charge is 0.212 e. The molecular formula is C9H19NO2S. The minimum atomic E-state index is -2.91. The van der Waals surface area contributed by atoms with Crippen molar-refractivity contribution in [3.8, 4) is 0 Å². The van der Waals surface area contributed by atoms with Crippen LogP contribution in [0.3, 0.4) is 0 Å². The molecule has 1 aliphatic heterocycles. The summed E-state index contributed by atoms with van der Waals surface area (Å²) in [7, 11) is -2.91. The second kappa shape index (κ2) is 3.96. The Morgan fingerprint density at radius 3 is 2.31 bits per heavy atom. The van der Waals surface area contributed by atoms with Gasteiger partial charge in [0.1, 0.15) is 0 Å². The third-order valence-corrected chi connectivity index (χ3v) is 4.68. The van der Waals surface area contributed by atoms with E-state index >= 15 is 0 Å². The van der Waals surface area contributed by atoms with Gasteiger partial charge in [-0.05, 0) is 18.3 Å². The van der Waals surface area contributed by atoms with Crippen LogP contribution in [0.1, 0.15) is 27.2 Å². The highest BCUT2D eigenvalue weighted by Crippen LogP contribution is 2.26. The molecule has 0 spiro atoms. The van der Waals surface area contributed by atoms with Gasteiger partial charge in [0.05, 0.1) is 5.75 Å². The van der Waals surface area contributed by atoms with Gasteiger partial charge in [-0.25, -0.2) is 12.7 Å². The Morgan fingerprint density at radius 2 is 1.92 bits per heavy atom. The van der Waals surface area contributed by atoms with E-state index in [-0.39, 0.29) is 0 Å². The number of sulfonamides is 1. The zero-order valence-corrected chi connectivity index (χ0v) is 9.47. The minimum Gasteiger partial charge on any atom is -0.212 e. The molecule has 0 saturated carbocycles. The normalized spacial score (nSPS) is 20.6. The summed E-state index contributed by atoms with van der Waals surface area (Å²) in [5.74, 6) is 1.48. The van der Waals surface area contributed by atoms with Gasteiger partial charge in [0.25, 0.3) is 0 Å². The van der Waals surface area contributed by atoms with E-state index in [2.05, 4.69) is 13.8 Å². The summed E-state index contributed by atoms with van der Waals surface area (Å²) in [5, 5.41) is 0. The van der Waals surface area contributed by atoms with Gasteiger partial charge in [-0.3, -0.25) is 0 Å². The Hall–Kier alpha value is -0.0900. The van der Waals surface area contributed by atoms with E-state index in [1.165, 1.54) is 0 Å². The Kier molecular flexibility index (Phi) is 3.35. The molecule has 0 atom stereocenters. The first-order valence-electron chi connectivity index (χ1n) is 4.95. The van der Waals surface area contributed by atoms with Crippen LogP contribution in [0.2, 0.25) is 0 Å². The zero-order valence-electron chi connectivity index (χ0n) is 8.66. The van der Waals surface area contributed by atoms with E-state index in [1.54, 1.807) is 4.31 Å². The topological polar surface area (TPSA) is 37.4 Å². The lowest BCUT2D eigenvalue weighted by atomic mass is 9.91. The van der Waals surface area contributed by atoms with Crippen LogP contribution in [0.15, 0.2) is 0 Å². The van der Waals surface area contributed by atoms with Crippen molar-refractivity contribution < 1.29 is 8.42 Å². The monoisotopic (exact) mass is 205 g/mol. The molecule has 0 aliphatic carbocycles. The Balaban J connectivity index is 2.43. The standard InChI is InChI=1S/C9H19NO2S/c1-4-5-13(11,12)10-6-9(7-10)8(2)3/h8-9H,4-7H2,1-3H3. The van der Waals surface area contributed by atoms with Crippen molar-refractivity contribution in [1.29, 1.82) is 0 Å². The molecule has 1 fully saturated rings. The molecule has 13 heavy (non-hydrogen) atoms. The lowest BCUT2D eigenvalue weighted by molar-refractivity contribution is 0.152. The number of hydrogen-bond acceptors (Lipinski definition) is 2. The van der Waals surface area contributed by atoms with Crippen molar-refractivity contribution in [1.82, 2.24) is 4.31 Å². The summed E-state index contributed by atoms with van der Waals surface area (Å²) >= 11 is 0. The van der Waals surface area contributed by atoms with Crippen LogP contribution in [0.4, 0.5) is 0 Å². The Morgan fingerprint density at radius 1 is 1.38 bits per heavy atom. The average Bonchev–Trinajstić information content (AvgIpc) is 1.79. The summed E-state index contributed by atoms with van der Waals surface area (Å²) in [5.41, 5.74) is 0. The van der Waals surface area contributed by atoms with E-state index in [0.717, 1.165) is 13.1 Å². The van der Waals surface area contributed by atoms with Crippen LogP contribution in [-0.2, 0) is 10.0 Å². The van der Waals surface area contributed by atoms with Crippen LogP contribution < -0.4 is 0 Å². The second-order valence-corrected chi connectivity index (χ2v) is 6.23. The van der Waals surface area contributed by atoms with Gasteiger partial charge in [0.15, 0.2) is 0 Å². The Bertz CT molecular complexity index is 253. The molecular weight excluding hydrogens is 186 g/mol. The van der Waals surface area contributed by atoms with Crippen molar-refractivity contribution in [2.75, 3.05) is 18.8 Å². The summed E-state index contributed by atoms with van der Waals surface area (Å²) in [6, 6.07) is 0. The fraction of sp³-hybridized carbons (Fsp3) is 1.00. The third kappa shape index (κ3) is 2.44. The molecule has 0 aromatic carbocycles. The molecule has 0 unspecified atom stereocenters. The molecule has 4 heteroatoms. The van der Waals surface area contributed by atoms with Crippen molar-refractivity contribution in [3.05, 3.63) is 0 Å². The average molecular weight is 205 g/mol. The first-order valence-corrected chi connectivity index (χ1v) is 6.56. The molecule has 0 aromatic heterocycles. The van der Waals surface area contributed by atoms with E-state index < -0.39 is 10.0 Å². The molecule has 1 rings (SSSR count). The van der Waals surface area contributed by atoms with Gasteiger partial charge >= 0.3 is 0 Å². The fourth-order valence-corrected chi connectivity index (χ4v) is 3.12. The van der Waals surface area contributed by atoms with Crippen molar-refractivity contribution in [2.45, 2.75) is 27.2 Å². The predicted octanol–water partition coefficient (Wildman–Crippen LogP) is 1.31. The quantitative estimate of drug-likeness (QED) is 0.694. The van der Waals surface area contributed by atoms with Gasteiger partial charge in [0.2, 0.25) is 10.0 Å². The highest BCUT2D eigenvalue weighted by atomic mass is 32.2. The number of nitrogens with zero attached hydrogens (tertiary/aromatic N) is 1. The van der Waals surface area contributed by atoms with Gasteiger partial charge in [-0.1, -0.05) is 20.8 Å².